The quantitative estimate of drug-likeness (QED) is 0.357. The normalized spacial score (nSPS) is 12.0. The molecule has 4 nitrogen and oxygen atoms in total. The van der Waals surface area contributed by atoms with Crippen molar-refractivity contribution in [1.82, 2.24) is 10.6 Å². The Balaban J connectivity index is 3.44. The summed E-state index contributed by atoms with van der Waals surface area (Å²) in [6.07, 6.45) is 17.4. The predicted molar refractivity (Wildman–Crippen MR) is 107 cm³/mol. The minimum absolute atomic E-state index is 0.0416. The van der Waals surface area contributed by atoms with Gasteiger partial charge >= 0.3 is 0 Å². The first kappa shape index (κ1) is 23.9. The lowest BCUT2D eigenvalue weighted by atomic mass is 10.1. The molecule has 0 heterocycles. The van der Waals surface area contributed by atoms with Gasteiger partial charge in [0.15, 0.2) is 0 Å². The topological polar surface area (TPSA) is 58.2 Å². The molecule has 0 spiro atoms. The van der Waals surface area contributed by atoms with Crippen LogP contribution in [0.2, 0.25) is 0 Å². The molecule has 0 aliphatic rings. The zero-order valence-corrected chi connectivity index (χ0v) is 17.0. The van der Waals surface area contributed by atoms with Crippen LogP contribution in [-0.4, -0.2) is 24.4 Å². The standard InChI is InChI=1S/C21H42N2O2/c1-4-6-7-8-9-10-11-12-13-14-15-16-18-22-21(25)20(17-5-2)23-19(3)24/h20H,4-18H2,1-3H3,(H,22,25)(H,23,24)/t20-/m0/s1. The molecule has 0 unspecified atom stereocenters. The lowest BCUT2D eigenvalue weighted by Crippen LogP contribution is -2.46. The number of nitrogens with one attached hydrogen (secondary N) is 2. The van der Waals surface area contributed by atoms with Crippen LogP contribution in [0.1, 0.15) is 111 Å². The van der Waals surface area contributed by atoms with Crippen LogP contribution >= 0.6 is 0 Å². The monoisotopic (exact) mass is 354 g/mol. The lowest BCUT2D eigenvalue weighted by molar-refractivity contribution is -0.128. The highest BCUT2D eigenvalue weighted by Crippen LogP contribution is 2.11. The molecule has 148 valence electrons. The molecule has 0 rings (SSSR count). The van der Waals surface area contributed by atoms with Gasteiger partial charge in [0.1, 0.15) is 6.04 Å². The fourth-order valence-electron chi connectivity index (χ4n) is 3.10. The van der Waals surface area contributed by atoms with Gasteiger partial charge in [-0.15, -0.1) is 0 Å². The molecule has 0 aromatic rings. The Morgan fingerprint density at radius 2 is 1.20 bits per heavy atom. The Hall–Kier alpha value is -1.06. The van der Waals surface area contributed by atoms with Crippen molar-refractivity contribution in [2.75, 3.05) is 6.54 Å². The van der Waals surface area contributed by atoms with Gasteiger partial charge in [-0.3, -0.25) is 9.59 Å². The highest BCUT2D eigenvalue weighted by atomic mass is 16.2. The molecule has 0 fully saturated rings. The summed E-state index contributed by atoms with van der Waals surface area (Å²) in [5, 5.41) is 5.68. The predicted octanol–water partition coefficient (Wildman–Crippen LogP) is 5.11. The van der Waals surface area contributed by atoms with Crippen molar-refractivity contribution in [3.05, 3.63) is 0 Å². The number of amides is 2. The van der Waals surface area contributed by atoms with Crippen molar-refractivity contribution in [3.8, 4) is 0 Å². The molecule has 0 bridgehead atoms. The average Bonchev–Trinajstić information content (AvgIpc) is 2.58. The maximum Gasteiger partial charge on any atom is 0.242 e. The molecule has 0 saturated heterocycles. The third kappa shape index (κ3) is 16.2. The highest BCUT2D eigenvalue weighted by Gasteiger charge is 2.17. The second kappa shape index (κ2) is 17.8. The molecule has 4 heteroatoms. The molecule has 2 amide bonds. The van der Waals surface area contributed by atoms with Crippen molar-refractivity contribution >= 4 is 11.8 Å². The van der Waals surface area contributed by atoms with Crippen molar-refractivity contribution in [3.63, 3.8) is 0 Å². The van der Waals surface area contributed by atoms with Crippen molar-refractivity contribution in [1.29, 1.82) is 0 Å². The van der Waals surface area contributed by atoms with E-state index in [1.54, 1.807) is 0 Å². The summed E-state index contributed by atoms with van der Waals surface area (Å²) < 4.78 is 0. The number of rotatable bonds is 17. The molecule has 2 N–H and O–H groups in total. The Bertz CT molecular complexity index is 332. The van der Waals surface area contributed by atoms with E-state index in [2.05, 4.69) is 17.6 Å². The molecule has 0 aromatic carbocycles. The van der Waals surface area contributed by atoms with Crippen molar-refractivity contribution in [2.24, 2.45) is 0 Å². The van der Waals surface area contributed by atoms with E-state index in [0.29, 0.717) is 6.42 Å². The van der Waals surface area contributed by atoms with E-state index in [9.17, 15) is 9.59 Å². The number of unbranched alkanes of at least 4 members (excludes halogenated alkanes) is 11. The van der Waals surface area contributed by atoms with Crippen LogP contribution in [0, 0.1) is 0 Å². The summed E-state index contributed by atoms with van der Waals surface area (Å²) in [6, 6.07) is -0.375. The first-order valence-corrected chi connectivity index (χ1v) is 10.7. The zero-order valence-electron chi connectivity index (χ0n) is 17.0. The van der Waals surface area contributed by atoms with Crippen LogP contribution in [0.25, 0.3) is 0 Å². The van der Waals surface area contributed by atoms with E-state index in [0.717, 1.165) is 19.4 Å². The summed E-state index contributed by atoms with van der Waals surface area (Å²) in [6.45, 7) is 6.46. The van der Waals surface area contributed by atoms with Gasteiger partial charge in [0, 0.05) is 13.5 Å². The summed E-state index contributed by atoms with van der Waals surface area (Å²) >= 11 is 0. The van der Waals surface area contributed by atoms with Gasteiger partial charge in [-0.25, -0.2) is 0 Å². The number of hydrogen-bond donors (Lipinski definition) is 2. The molecule has 25 heavy (non-hydrogen) atoms. The Morgan fingerprint density at radius 1 is 0.720 bits per heavy atom. The van der Waals surface area contributed by atoms with E-state index in [1.807, 2.05) is 6.92 Å². The first-order chi connectivity index (χ1) is 12.1. The second-order valence-corrected chi connectivity index (χ2v) is 7.22. The second-order valence-electron chi connectivity index (χ2n) is 7.22. The van der Waals surface area contributed by atoms with Crippen LogP contribution in [-0.2, 0) is 9.59 Å². The van der Waals surface area contributed by atoms with E-state index < -0.39 is 0 Å². The van der Waals surface area contributed by atoms with Crippen molar-refractivity contribution in [2.45, 2.75) is 117 Å². The van der Waals surface area contributed by atoms with Crippen LogP contribution in [0.3, 0.4) is 0 Å². The fourth-order valence-corrected chi connectivity index (χ4v) is 3.10. The largest absolute Gasteiger partial charge is 0.354 e. The molecule has 0 radical (unpaired) electrons. The number of carbonyl (C=O) groups is 2. The van der Waals surface area contributed by atoms with Gasteiger partial charge in [-0.2, -0.15) is 0 Å². The van der Waals surface area contributed by atoms with Crippen LogP contribution in [0.5, 0.6) is 0 Å². The number of carbonyl (C=O) groups excluding carboxylic acids is 2. The third-order valence-electron chi connectivity index (χ3n) is 4.60. The molecular weight excluding hydrogens is 312 g/mol. The Morgan fingerprint density at radius 3 is 1.64 bits per heavy atom. The van der Waals surface area contributed by atoms with Gasteiger partial charge in [0.2, 0.25) is 11.8 Å². The SMILES string of the molecule is CCCCCCCCCCCCCCNC(=O)[C@H](CCC)NC(C)=O. The van der Waals surface area contributed by atoms with Crippen LogP contribution in [0.15, 0.2) is 0 Å². The van der Waals surface area contributed by atoms with E-state index in [4.69, 9.17) is 0 Å². The molecule has 0 saturated carbocycles. The summed E-state index contributed by atoms with van der Waals surface area (Å²) in [7, 11) is 0. The maximum atomic E-state index is 12.0. The average molecular weight is 355 g/mol. The van der Waals surface area contributed by atoms with E-state index in [1.165, 1.54) is 77.6 Å². The molecule has 0 aromatic heterocycles. The minimum Gasteiger partial charge on any atom is -0.354 e. The number of hydrogen-bond acceptors (Lipinski definition) is 2. The highest BCUT2D eigenvalue weighted by molar-refractivity contribution is 5.86. The summed E-state index contributed by atoms with van der Waals surface area (Å²) in [5.41, 5.74) is 0. The van der Waals surface area contributed by atoms with Gasteiger partial charge in [0.25, 0.3) is 0 Å². The zero-order chi connectivity index (χ0) is 18.8. The molecule has 0 aliphatic heterocycles. The fraction of sp³-hybridized carbons (Fsp3) is 0.905. The van der Waals surface area contributed by atoms with Crippen molar-refractivity contribution < 1.29 is 9.59 Å². The van der Waals surface area contributed by atoms with Crippen LogP contribution in [0.4, 0.5) is 0 Å². The maximum absolute atomic E-state index is 12.0. The first-order valence-electron chi connectivity index (χ1n) is 10.7. The van der Waals surface area contributed by atoms with E-state index in [-0.39, 0.29) is 17.9 Å². The van der Waals surface area contributed by atoms with Gasteiger partial charge < -0.3 is 10.6 Å². The van der Waals surface area contributed by atoms with Crippen LogP contribution < -0.4 is 10.6 Å². The molecule has 1 atom stereocenters. The summed E-state index contributed by atoms with van der Waals surface area (Å²) in [4.78, 5) is 23.2. The summed E-state index contributed by atoms with van der Waals surface area (Å²) in [5.74, 6) is -0.181. The minimum atomic E-state index is -0.375. The van der Waals surface area contributed by atoms with E-state index >= 15 is 0 Å². The third-order valence-corrected chi connectivity index (χ3v) is 4.60. The lowest BCUT2D eigenvalue weighted by Gasteiger charge is -2.16. The van der Waals surface area contributed by atoms with Gasteiger partial charge in [0.05, 0.1) is 0 Å². The Labute approximate surface area is 155 Å². The Kier molecular flexibility index (Phi) is 17.0. The van der Waals surface area contributed by atoms with Gasteiger partial charge in [-0.05, 0) is 12.8 Å². The smallest absolute Gasteiger partial charge is 0.242 e. The molecular formula is C21H42N2O2. The van der Waals surface area contributed by atoms with Gasteiger partial charge in [-0.1, -0.05) is 90.9 Å². The molecule has 0 aliphatic carbocycles.